The van der Waals surface area contributed by atoms with Crippen LogP contribution in [0, 0.1) is 11.8 Å². The number of rotatable bonds is 8. The maximum absolute atomic E-state index is 12.1. The molecule has 3 aliphatic carbocycles. The third-order valence-corrected chi connectivity index (χ3v) is 10.8. The van der Waals surface area contributed by atoms with Gasteiger partial charge in [-0.25, -0.2) is 4.79 Å². The number of amides is 1. The van der Waals surface area contributed by atoms with Crippen molar-refractivity contribution in [3.05, 3.63) is 58.7 Å². The number of methoxy groups -OCH3 is 2. The second-order valence-electron chi connectivity index (χ2n) is 15.5. The number of Topliss-reactive ketones (excluding diaryl/α,β-unsaturated/α-hetero) is 2. The minimum atomic E-state index is -0.499. The van der Waals surface area contributed by atoms with Crippen molar-refractivity contribution in [2.45, 2.75) is 129 Å². The van der Waals surface area contributed by atoms with E-state index in [1.807, 2.05) is 71.0 Å². The van der Waals surface area contributed by atoms with E-state index in [0.29, 0.717) is 23.1 Å². The number of nitrogens with one attached hydrogen (secondary N) is 1. The highest BCUT2D eigenvalue weighted by atomic mass is 16.6. The third-order valence-electron chi connectivity index (χ3n) is 10.8. The van der Waals surface area contributed by atoms with Gasteiger partial charge in [-0.3, -0.25) is 14.5 Å². The summed E-state index contributed by atoms with van der Waals surface area (Å²) >= 11 is 0. The number of likely N-dealkylation sites (tertiary alicyclic amines) is 1. The zero-order valence-corrected chi connectivity index (χ0v) is 32.8. The van der Waals surface area contributed by atoms with Gasteiger partial charge in [-0.05, 0) is 118 Å². The smallest absolute Gasteiger partial charge is 0.411 e. The average Bonchev–Trinajstić information content (AvgIpc) is 3.94. The number of carbonyl (C=O) groups excluding carboxylic acids is 5. The fraction of sp³-hybridized carbons (Fsp3) is 0.605. The molecule has 2 aromatic carbocycles. The molecule has 5 aliphatic rings. The van der Waals surface area contributed by atoms with Gasteiger partial charge < -0.3 is 29.1 Å². The van der Waals surface area contributed by atoms with E-state index in [4.69, 9.17) is 14.2 Å². The van der Waals surface area contributed by atoms with Gasteiger partial charge >= 0.3 is 6.09 Å². The summed E-state index contributed by atoms with van der Waals surface area (Å²) < 4.78 is 15.2. The zero-order chi connectivity index (χ0) is 38.7. The van der Waals surface area contributed by atoms with E-state index < -0.39 is 5.60 Å². The molecule has 0 bridgehead atoms. The molecule has 2 heterocycles. The van der Waals surface area contributed by atoms with Gasteiger partial charge in [0.2, 0.25) is 0 Å². The second kappa shape index (κ2) is 19.6. The summed E-state index contributed by atoms with van der Waals surface area (Å²) in [6.07, 6.45) is 12.5. The molecule has 53 heavy (non-hydrogen) atoms. The molecular formula is C43H60N2O8. The number of aryl methyl sites for hydroxylation is 2. The number of nitrogens with zero attached hydrogens (tertiary/aromatic N) is 1. The number of ketones is 2. The number of hydrogen-bond acceptors (Lipinski definition) is 9. The number of aldehydes is 2. The Labute approximate surface area is 315 Å². The van der Waals surface area contributed by atoms with Crippen LogP contribution in [-0.4, -0.2) is 92.3 Å². The topological polar surface area (TPSA) is 128 Å². The number of hydrogen-bond donors (Lipinski definition) is 1. The van der Waals surface area contributed by atoms with Crippen molar-refractivity contribution in [1.82, 2.24) is 10.2 Å². The molecule has 4 fully saturated rings. The first-order valence-corrected chi connectivity index (χ1v) is 19.4. The minimum Gasteiger partial charge on any atom is -0.444 e. The van der Waals surface area contributed by atoms with Crippen molar-refractivity contribution in [2.75, 3.05) is 27.4 Å². The summed E-state index contributed by atoms with van der Waals surface area (Å²) in [4.78, 5) is 59.2. The average molecular weight is 733 g/mol. The SMILES string of the molecule is CC.CC(C)(C)OC(=O)N1C2CCCC2C[C@H]1C=O.COCC(=O)c1ccc2c(c1)CCc1cc(C(=O)COC)ccc1-2.O=CC1C[C@@H]2CCC[C@@H]2N1. The Kier molecular flexibility index (Phi) is 15.5. The Balaban J connectivity index is 0.000000187. The molecule has 7 rings (SSSR count). The number of ether oxygens (including phenoxy) is 3. The summed E-state index contributed by atoms with van der Waals surface area (Å²) in [5, 5.41) is 3.33. The monoisotopic (exact) mass is 732 g/mol. The van der Waals surface area contributed by atoms with Gasteiger partial charge in [-0.1, -0.05) is 51.0 Å². The first-order chi connectivity index (χ1) is 25.5. The standard InChI is InChI=1S/C20H20O4.C13H21NO3.C8H13NO.C2H6/c1-23-11-19(21)15-5-7-17-13(9-15)3-4-14-10-16(6-8-18(14)17)20(22)12-24-2;1-13(2,3)17-12(16)14-10(8-15)7-9-5-4-6-11(9)14;10-5-7-4-6-2-1-3-8(6)9-7;1-2/h5-10H,3-4,11-12H2,1-2H3;8-11H,4-7H2,1-3H3;5-9H,1-4H2;1-2H3/t;9?,10-,11?;6-,7?,8-;/m.00./s1. The molecule has 2 aromatic rings. The van der Waals surface area contributed by atoms with Crippen LogP contribution in [0.2, 0.25) is 0 Å². The lowest BCUT2D eigenvalue weighted by atomic mass is 9.83. The lowest BCUT2D eigenvalue weighted by Crippen LogP contribution is -2.44. The summed E-state index contributed by atoms with van der Waals surface area (Å²) in [6.45, 7) is 9.75. The van der Waals surface area contributed by atoms with Gasteiger partial charge in [-0.15, -0.1) is 0 Å². The molecule has 2 saturated heterocycles. The fourth-order valence-electron chi connectivity index (χ4n) is 8.51. The van der Waals surface area contributed by atoms with Crippen LogP contribution in [0.3, 0.4) is 0 Å². The van der Waals surface area contributed by atoms with E-state index >= 15 is 0 Å². The molecule has 0 radical (unpaired) electrons. The normalized spacial score (nSPS) is 24.7. The van der Waals surface area contributed by atoms with E-state index in [9.17, 15) is 24.0 Å². The van der Waals surface area contributed by atoms with Gasteiger partial charge in [0, 0.05) is 37.4 Å². The van der Waals surface area contributed by atoms with Crippen LogP contribution in [0.5, 0.6) is 0 Å². The first kappa shape index (κ1) is 42.0. The second-order valence-corrected chi connectivity index (χ2v) is 15.5. The molecule has 0 spiro atoms. The Morgan fingerprint density at radius 1 is 0.774 bits per heavy atom. The highest BCUT2D eigenvalue weighted by Gasteiger charge is 2.47. The van der Waals surface area contributed by atoms with Crippen LogP contribution in [0.4, 0.5) is 4.79 Å². The molecule has 2 saturated carbocycles. The highest BCUT2D eigenvalue weighted by Crippen LogP contribution is 2.41. The largest absolute Gasteiger partial charge is 0.444 e. The van der Waals surface area contributed by atoms with Crippen molar-refractivity contribution < 1.29 is 38.2 Å². The van der Waals surface area contributed by atoms with Crippen molar-refractivity contribution in [3.63, 3.8) is 0 Å². The number of carbonyl (C=O) groups is 5. The van der Waals surface area contributed by atoms with Gasteiger partial charge in [0.1, 0.15) is 31.4 Å². The Morgan fingerprint density at radius 2 is 1.32 bits per heavy atom. The predicted octanol–water partition coefficient (Wildman–Crippen LogP) is 7.22. The van der Waals surface area contributed by atoms with E-state index in [2.05, 4.69) is 5.32 Å². The Hall–Kier alpha value is -3.73. The number of fused-ring (bicyclic) bond motifs is 5. The van der Waals surface area contributed by atoms with Crippen LogP contribution in [-0.2, 0) is 36.6 Å². The lowest BCUT2D eigenvalue weighted by molar-refractivity contribution is -0.112. The molecule has 6 atom stereocenters. The predicted molar refractivity (Wildman–Crippen MR) is 205 cm³/mol. The summed E-state index contributed by atoms with van der Waals surface area (Å²) in [6, 6.07) is 12.4. The third kappa shape index (κ3) is 10.7. The van der Waals surface area contributed by atoms with Crippen LogP contribution < -0.4 is 5.32 Å². The van der Waals surface area contributed by atoms with Gasteiger partial charge in [0.25, 0.3) is 0 Å². The molecule has 3 unspecified atom stereocenters. The molecule has 2 aliphatic heterocycles. The zero-order valence-electron chi connectivity index (χ0n) is 32.8. The molecule has 1 amide bonds. The quantitative estimate of drug-likeness (QED) is 0.221. The maximum Gasteiger partial charge on any atom is 0.411 e. The van der Waals surface area contributed by atoms with Gasteiger partial charge in [0.05, 0.1) is 12.1 Å². The van der Waals surface area contributed by atoms with Crippen molar-refractivity contribution in [3.8, 4) is 11.1 Å². The first-order valence-electron chi connectivity index (χ1n) is 19.4. The summed E-state index contributed by atoms with van der Waals surface area (Å²) in [7, 11) is 3.05. The van der Waals surface area contributed by atoms with Crippen molar-refractivity contribution in [1.29, 1.82) is 0 Å². The molecular weight excluding hydrogens is 672 g/mol. The summed E-state index contributed by atoms with van der Waals surface area (Å²) in [5.74, 6) is 1.30. The highest BCUT2D eigenvalue weighted by molar-refractivity contribution is 5.99. The minimum absolute atomic E-state index is 0.00777. The molecule has 10 nitrogen and oxygen atoms in total. The molecule has 10 heteroatoms. The van der Waals surface area contributed by atoms with E-state index in [0.717, 1.165) is 74.6 Å². The molecule has 290 valence electrons. The van der Waals surface area contributed by atoms with E-state index in [1.54, 1.807) is 4.90 Å². The van der Waals surface area contributed by atoms with Crippen LogP contribution in [0.15, 0.2) is 36.4 Å². The van der Waals surface area contributed by atoms with Crippen LogP contribution in [0.25, 0.3) is 11.1 Å². The fourth-order valence-corrected chi connectivity index (χ4v) is 8.51. The summed E-state index contributed by atoms with van der Waals surface area (Å²) in [5.41, 5.74) is 5.48. The van der Waals surface area contributed by atoms with Gasteiger partial charge in [0.15, 0.2) is 11.6 Å². The van der Waals surface area contributed by atoms with Crippen molar-refractivity contribution >= 4 is 30.2 Å². The van der Waals surface area contributed by atoms with Crippen LogP contribution >= 0.6 is 0 Å². The Morgan fingerprint density at radius 3 is 1.81 bits per heavy atom. The van der Waals surface area contributed by atoms with Crippen LogP contribution in [0.1, 0.15) is 118 Å². The van der Waals surface area contributed by atoms with E-state index in [-0.39, 0.29) is 49.0 Å². The lowest BCUT2D eigenvalue weighted by Gasteiger charge is -2.30. The van der Waals surface area contributed by atoms with Crippen molar-refractivity contribution in [2.24, 2.45) is 11.8 Å². The Bertz CT molecular complexity index is 1500. The maximum atomic E-state index is 12.1. The van der Waals surface area contributed by atoms with E-state index in [1.165, 1.54) is 44.6 Å². The molecule has 0 aromatic heterocycles. The molecule has 1 N–H and O–H groups in total. The van der Waals surface area contributed by atoms with Gasteiger partial charge in [-0.2, -0.15) is 0 Å². The number of benzene rings is 2.